The van der Waals surface area contributed by atoms with Crippen LogP contribution in [-0.2, 0) is 9.59 Å². The van der Waals surface area contributed by atoms with Gasteiger partial charge in [-0.15, -0.1) is 0 Å². The van der Waals surface area contributed by atoms with Crippen molar-refractivity contribution in [3.05, 3.63) is 34.9 Å². The smallest absolute Gasteiger partial charge is 0.550 e. The first-order chi connectivity index (χ1) is 13.8. The van der Waals surface area contributed by atoms with Crippen LogP contribution in [0.25, 0.3) is 0 Å². The summed E-state index contributed by atoms with van der Waals surface area (Å²) >= 11 is 0. The summed E-state index contributed by atoms with van der Waals surface area (Å²) in [6, 6.07) is 1.65. The Morgan fingerprint density at radius 3 is 0.786 bits per heavy atom. The molecule has 22 N–H and O–H groups in total. The van der Waals surface area contributed by atoms with Crippen molar-refractivity contribution < 1.29 is 198 Å². The minimum absolute atomic E-state index is 0. The molecule has 0 unspecified atom stereocenters. The molecule has 0 spiro atoms. The molecule has 0 bridgehead atoms. The third-order valence-corrected chi connectivity index (χ3v) is 2.55. The maximum absolute atomic E-state index is 10.0. The van der Waals surface area contributed by atoms with Crippen molar-refractivity contribution in [2.45, 2.75) is 12.8 Å². The molecule has 0 aliphatic carbocycles. The molecule has 2 aromatic heterocycles. The number of rotatable bonds is 7. The molecule has 0 saturated heterocycles. The summed E-state index contributed by atoms with van der Waals surface area (Å²) in [4.78, 5) is 59.1. The molecule has 0 saturated carbocycles. The zero-order valence-corrected chi connectivity index (χ0v) is 26.6. The summed E-state index contributed by atoms with van der Waals surface area (Å²) in [7, 11) is 0. The van der Waals surface area contributed by atoms with E-state index in [9.17, 15) is 59.4 Å². The van der Waals surface area contributed by atoms with Crippen LogP contribution in [-0.4, -0.2) is 111 Å². The first-order valence-corrected chi connectivity index (χ1v) is 7.21. The van der Waals surface area contributed by atoms with Crippen LogP contribution in [0.2, 0.25) is 0 Å². The topological polar surface area (TPSA) is 613 Å². The van der Waals surface area contributed by atoms with E-state index in [-0.39, 0.29) is 150 Å². The number of H-pyrrole nitrogens is 2. The predicted molar refractivity (Wildman–Crippen MR) is 110 cm³/mol. The molecule has 2 radical (unpaired) electrons. The first kappa shape index (κ1) is 83.4. The van der Waals surface area contributed by atoms with E-state index in [1.54, 1.807) is 0 Å². The Kier molecular flexibility index (Phi) is 85.5. The van der Waals surface area contributed by atoms with Gasteiger partial charge in [0.15, 0.2) is 0 Å². The van der Waals surface area contributed by atoms with Gasteiger partial charge in [-0.2, -0.15) is 10.2 Å². The maximum Gasteiger partial charge on any atom is 3.00 e. The van der Waals surface area contributed by atoms with Gasteiger partial charge in [-0.05, 0) is 25.0 Å². The van der Waals surface area contributed by atoms with Gasteiger partial charge < -0.3 is 114 Å². The molecule has 2 heterocycles. The average Bonchev–Trinajstić information content (AvgIpc) is 3.31. The van der Waals surface area contributed by atoms with Crippen molar-refractivity contribution >= 4 is 35.8 Å². The van der Waals surface area contributed by atoms with Gasteiger partial charge in [0.25, 0.3) is 0 Å². The molecule has 2 rings (SSSR count). The summed E-state index contributed by atoms with van der Waals surface area (Å²) in [6.45, 7) is 0. The molecular formula is C14H28Ce2N4O22. The molecule has 26 nitrogen and oxygen atoms in total. The maximum atomic E-state index is 10.0. The molecule has 28 heteroatoms. The SMILES string of the molecule is O.O.O.O.O.O.O.O.O.O.O=C([O-])CCC(=O)[O-].O=C([O-])c1cc(C(=O)[O-])[nH]n1.O=C([O-])c1cc(C(=O)[O-])[nH]n1.[Ce+3].[Ce+3]. The molecule has 2 aromatic rings. The van der Waals surface area contributed by atoms with Crippen LogP contribution < -0.4 is 30.6 Å². The number of hydrogen-bond acceptors (Lipinski definition) is 14. The van der Waals surface area contributed by atoms with Crippen LogP contribution in [0.3, 0.4) is 0 Å². The van der Waals surface area contributed by atoms with E-state index in [4.69, 9.17) is 0 Å². The second-order valence-corrected chi connectivity index (χ2v) is 4.73. The number of hydrogen-bond donors (Lipinski definition) is 2. The van der Waals surface area contributed by atoms with Gasteiger partial charge in [-0.1, -0.05) is 0 Å². The van der Waals surface area contributed by atoms with E-state index in [1.165, 1.54) is 0 Å². The van der Waals surface area contributed by atoms with E-state index < -0.39 is 60.0 Å². The van der Waals surface area contributed by atoms with Crippen molar-refractivity contribution in [1.82, 2.24) is 20.4 Å². The van der Waals surface area contributed by atoms with Gasteiger partial charge in [0.05, 0.1) is 35.3 Å². The number of carboxylic acids is 6. The monoisotopic (exact) mass is 884 g/mol. The average molecular weight is 885 g/mol. The van der Waals surface area contributed by atoms with Crippen LogP contribution in [0.1, 0.15) is 54.8 Å². The largest absolute Gasteiger partial charge is 3.00 e. The summed E-state index contributed by atoms with van der Waals surface area (Å²) in [5.41, 5.74) is -1.68. The Morgan fingerprint density at radius 2 is 0.690 bits per heavy atom. The van der Waals surface area contributed by atoms with E-state index in [2.05, 4.69) is 10.2 Å². The van der Waals surface area contributed by atoms with Crippen LogP contribution in [0, 0.1) is 83.5 Å². The van der Waals surface area contributed by atoms with Gasteiger partial charge in [0.2, 0.25) is 0 Å². The van der Waals surface area contributed by atoms with Crippen molar-refractivity contribution in [3.63, 3.8) is 0 Å². The van der Waals surface area contributed by atoms with Gasteiger partial charge in [0.1, 0.15) is 11.4 Å². The number of carbonyl (C=O) groups is 6. The molecule has 0 aliphatic rings. The minimum Gasteiger partial charge on any atom is -0.550 e. The Balaban J connectivity index is -0.0000000241. The first-order valence-electron chi connectivity index (χ1n) is 7.21. The molecule has 0 fully saturated rings. The number of carboxylic acid groups (broad SMARTS) is 6. The molecule has 0 amide bonds. The third kappa shape index (κ3) is 37.6. The van der Waals surface area contributed by atoms with Crippen molar-refractivity contribution in [3.8, 4) is 0 Å². The van der Waals surface area contributed by atoms with Crippen LogP contribution >= 0.6 is 0 Å². The third-order valence-electron chi connectivity index (χ3n) is 2.55. The van der Waals surface area contributed by atoms with E-state index >= 15 is 0 Å². The van der Waals surface area contributed by atoms with Crippen molar-refractivity contribution in [2.24, 2.45) is 0 Å². The summed E-state index contributed by atoms with van der Waals surface area (Å²) < 4.78 is 0. The van der Waals surface area contributed by atoms with Crippen molar-refractivity contribution in [2.75, 3.05) is 0 Å². The number of aromatic nitrogens is 4. The fraction of sp³-hybridized carbons (Fsp3) is 0.143. The van der Waals surface area contributed by atoms with E-state index in [0.29, 0.717) is 0 Å². The standard InChI is InChI=1S/2C5H4N2O4.C4H6O4.2Ce.10H2O/c2*8-4(9)2-1-3(5(10)11)7-6-2;5-3(6)1-2-4(7)8;;;;;;;;;;;;/h2*1H,(H,6,7)(H,8,9)(H,10,11);1-2H2,(H,5,6)(H,7,8);;;10*1H2/q;;;2*+3;;;;;;;;;;/p-6. The van der Waals surface area contributed by atoms with Gasteiger partial charge in [-0.25, -0.2) is 0 Å². The van der Waals surface area contributed by atoms with E-state index in [1.807, 2.05) is 10.2 Å². The molecule has 42 heavy (non-hydrogen) atoms. The number of carbonyl (C=O) groups excluding carboxylic acids is 6. The second-order valence-electron chi connectivity index (χ2n) is 4.73. The summed E-state index contributed by atoms with van der Waals surface area (Å²) in [5, 5.41) is 69.3. The molecular weight excluding hydrogens is 856 g/mol. The zero-order valence-electron chi connectivity index (χ0n) is 20.4. The quantitative estimate of drug-likeness (QED) is 0.261. The number of nitrogens with one attached hydrogen (secondary N) is 2. The fourth-order valence-electron chi connectivity index (χ4n) is 1.27. The molecule has 0 aliphatic heterocycles. The van der Waals surface area contributed by atoms with Crippen LogP contribution in [0.5, 0.6) is 0 Å². The molecule has 0 atom stereocenters. The zero-order chi connectivity index (χ0) is 23.4. The molecule has 244 valence electrons. The van der Waals surface area contributed by atoms with Gasteiger partial charge in [0, 0.05) is 11.9 Å². The Hall–Kier alpha value is -2.41. The Bertz CT molecular complexity index is 833. The normalized spacial score (nSPS) is 6.57. The predicted octanol–water partition coefficient (Wildman–Crippen LogP) is -16.7. The number of aromatic amines is 2. The molecule has 0 aromatic carbocycles. The Labute approximate surface area is 299 Å². The summed E-state index contributed by atoms with van der Waals surface area (Å²) in [5.74, 6) is -8.82. The summed E-state index contributed by atoms with van der Waals surface area (Å²) in [6.07, 6.45) is -0.940. The fourth-order valence-corrected chi connectivity index (χ4v) is 1.27. The van der Waals surface area contributed by atoms with Gasteiger partial charge >= 0.3 is 83.5 Å². The van der Waals surface area contributed by atoms with Gasteiger partial charge in [-0.3, -0.25) is 10.2 Å². The van der Waals surface area contributed by atoms with Crippen molar-refractivity contribution in [1.29, 1.82) is 0 Å². The Morgan fingerprint density at radius 1 is 0.476 bits per heavy atom. The van der Waals surface area contributed by atoms with Crippen LogP contribution in [0.15, 0.2) is 12.1 Å². The number of aromatic carboxylic acids is 4. The number of nitrogens with zero attached hydrogens (tertiary/aromatic N) is 2. The van der Waals surface area contributed by atoms with Crippen LogP contribution in [0.4, 0.5) is 0 Å². The second kappa shape index (κ2) is 43.1. The number of aliphatic carboxylic acids is 2. The minimum atomic E-state index is -1.53. The van der Waals surface area contributed by atoms with E-state index in [0.717, 1.165) is 12.1 Å².